The maximum absolute atomic E-state index is 4.62. The van der Waals surface area contributed by atoms with Gasteiger partial charge in [-0.1, -0.05) is 48.2 Å². The minimum absolute atomic E-state index is 0. The van der Waals surface area contributed by atoms with Gasteiger partial charge in [-0.15, -0.1) is 47.6 Å². The molecule has 0 unspecified atom stereocenters. The second kappa shape index (κ2) is 9.64. The third kappa shape index (κ3) is 3.76. The molecule has 8 rings (SSSR count). The summed E-state index contributed by atoms with van der Waals surface area (Å²) < 4.78 is 2.38. The SMILES string of the molecule is CC1=C(C)N(c2[c-]c(N3c4[c-]c(-c5ccccn5)ccc4-n4c5ccccc5c5cccc3c54)ccc2)[CH-]N1C.[Pt]. The van der Waals surface area contributed by atoms with Crippen LogP contribution in [0.3, 0.4) is 0 Å². The van der Waals surface area contributed by atoms with Gasteiger partial charge in [0.25, 0.3) is 0 Å². The van der Waals surface area contributed by atoms with E-state index in [4.69, 9.17) is 0 Å². The van der Waals surface area contributed by atoms with Crippen LogP contribution in [-0.2, 0) is 21.1 Å². The number of allylic oxidation sites excluding steroid dienone is 2. The van der Waals surface area contributed by atoms with Crippen LogP contribution in [0.2, 0.25) is 0 Å². The van der Waals surface area contributed by atoms with E-state index in [9.17, 15) is 0 Å². The Morgan fingerprint density at radius 3 is 2.29 bits per heavy atom. The molecular formula is C35H26N5Pt-3. The number of aromatic nitrogens is 2. The fraction of sp³-hybridized carbons (Fsp3) is 0.0857. The molecule has 0 saturated heterocycles. The van der Waals surface area contributed by atoms with Gasteiger partial charge >= 0.3 is 0 Å². The van der Waals surface area contributed by atoms with Crippen molar-refractivity contribution in [3.63, 3.8) is 0 Å². The van der Waals surface area contributed by atoms with E-state index >= 15 is 0 Å². The fourth-order valence-corrected chi connectivity index (χ4v) is 6.03. The summed E-state index contributed by atoms with van der Waals surface area (Å²) in [5.74, 6) is 0. The molecule has 6 aromatic rings. The first kappa shape index (κ1) is 25.6. The molecule has 0 saturated carbocycles. The molecule has 0 amide bonds. The predicted molar refractivity (Wildman–Crippen MR) is 163 cm³/mol. The van der Waals surface area contributed by atoms with Crippen LogP contribution in [0.4, 0.5) is 22.7 Å². The van der Waals surface area contributed by atoms with E-state index in [2.05, 4.69) is 137 Å². The van der Waals surface area contributed by atoms with Crippen LogP contribution in [0, 0.1) is 18.8 Å². The summed E-state index contributed by atoms with van der Waals surface area (Å²) >= 11 is 0. The number of hydrogen-bond donors (Lipinski definition) is 0. The molecule has 0 fully saturated rings. The van der Waals surface area contributed by atoms with Crippen LogP contribution in [0.15, 0.2) is 109 Å². The van der Waals surface area contributed by atoms with Crippen molar-refractivity contribution in [1.82, 2.24) is 14.5 Å². The maximum Gasteiger partial charge on any atom is 0.0696 e. The van der Waals surface area contributed by atoms with Gasteiger partial charge in [0.2, 0.25) is 0 Å². The quantitative estimate of drug-likeness (QED) is 0.172. The number of anilines is 4. The van der Waals surface area contributed by atoms with Gasteiger partial charge in [0.15, 0.2) is 0 Å². The van der Waals surface area contributed by atoms with Crippen LogP contribution >= 0.6 is 0 Å². The maximum atomic E-state index is 4.62. The van der Waals surface area contributed by atoms with E-state index in [1.165, 1.54) is 33.2 Å². The molecule has 0 radical (unpaired) electrons. The number of rotatable bonds is 3. The van der Waals surface area contributed by atoms with Crippen LogP contribution in [0.25, 0.3) is 38.8 Å². The van der Waals surface area contributed by atoms with Crippen molar-refractivity contribution in [2.75, 3.05) is 16.8 Å². The van der Waals surface area contributed by atoms with Gasteiger partial charge in [0.05, 0.1) is 11.2 Å². The second-order valence-corrected chi connectivity index (χ2v) is 10.4. The Bertz CT molecular complexity index is 1990. The minimum atomic E-state index is 0. The number of para-hydroxylation sites is 2. The average molecular weight is 712 g/mol. The van der Waals surface area contributed by atoms with Crippen molar-refractivity contribution in [2.24, 2.45) is 0 Å². The zero-order chi connectivity index (χ0) is 27.0. The van der Waals surface area contributed by atoms with E-state index in [0.29, 0.717) is 0 Å². The largest absolute Gasteiger partial charge is 0.508 e. The van der Waals surface area contributed by atoms with E-state index in [-0.39, 0.29) is 21.1 Å². The van der Waals surface area contributed by atoms with E-state index < -0.39 is 0 Å². The van der Waals surface area contributed by atoms with Gasteiger partial charge in [-0.3, -0.25) is 0 Å². The van der Waals surface area contributed by atoms with Gasteiger partial charge in [0.1, 0.15) is 0 Å². The van der Waals surface area contributed by atoms with Gasteiger partial charge in [-0.05, 0) is 61.9 Å². The summed E-state index contributed by atoms with van der Waals surface area (Å²) in [5.41, 5.74) is 11.8. The van der Waals surface area contributed by atoms with Gasteiger partial charge in [-0.2, -0.15) is 12.7 Å². The number of fused-ring (bicyclic) bond motifs is 5. The van der Waals surface area contributed by atoms with Crippen LogP contribution in [0.5, 0.6) is 0 Å². The first-order chi connectivity index (χ1) is 19.6. The van der Waals surface area contributed by atoms with Crippen molar-refractivity contribution in [1.29, 1.82) is 0 Å². The molecule has 4 heterocycles. The molecule has 0 aliphatic carbocycles. The standard InChI is InChI=1S/C35H26N5.Pt/c1-23-24(2)38(22-37(23)3)26-10-8-11-27(21-26)39-33-16-9-13-29-28-12-4-5-15-31(28)40(35(29)33)32-18-17-25(20-34(32)39)30-14-6-7-19-36-30;/h4-19,22H,1-3H3;/q-3;. The first-order valence-electron chi connectivity index (χ1n) is 13.5. The molecule has 0 N–H and O–H groups in total. The molecular weight excluding hydrogens is 685 g/mol. The molecule has 6 heteroatoms. The summed E-state index contributed by atoms with van der Waals surface area (Å²) in [5, 5.41) is 2.47. The predicted octanol–water partition coefficient (Wildman–Crippen LogP) is 8.35. The van der Waals surface area contributed by atoms with Crippen molar-refractivity contribution in [3.8, 4) is 16.9 Å². The molecule has 0 spiro atoms. The zero-order valence-corrected chi connectivity index (χ0v) is 25.1. The van der Waals surface area contributed by atoms with Crippen molar-refractivity contribution >= 4 is 44.6 Å². The summed E-state index contributed by atoms with van der Waals surface area (Å²) in [6, 6.07) is 39.4. The van der Waals surface area contributed by atoms with Crippen molar-refractivity contribution in [2.45, 2.75) is 13.8 Å². The zero-order valence-electron chi connectivity index (χ0n) is 22.9. The Labute approximate surface area is 254 Å². The number of pyridine rings is 1. The van der Waals surface area contributed by atoms with Gasteiger partial charge < -0.3 is 24.3 Å². The molecule has 204 valence electrons. The Morgan fingerprint density at radius 2 is 1.49 bits per heavy atom. The normalized spacial score (nSPS) is 14.2. The molecule has 2 aromatic heterocycles. The summed E-state index contributed by atoms with van der Waals surface area (Å²) in [6.07, 6.45) is 1.83. The third-order valence-corrected chi connectivity index (χ3v) is 8.19. The van der Waals surface area contributed by atoms with E-state index in [1.807, 2.05) is 24.4 Å². The van der Waals surface area contributed by atoms with Crippen molar-refractivity contribution in [3.05, 3.63) is 127 Å². The Morgan fingerprint density at radius 1 is 0.707 bits per heavy atom. The van der Waals surface area contributed by atoms with Gasteiger partial charge in [-0.25, -0.2) is 0 Å². The van der Waals surface area contributed by atoms with Crippen LogP contribution in [-0.4, -0.2) is 21.5 Å². The number of hydrogen-bond acceptors (Lipinski definition) is 4. The second-order valence-electron chi connectivity index (χ2n) is 10.4. The molecule has 41 heavy (non-hydrogen) atoms. The molecule has 0 atom stereocenters. The van der Waals surface area contributed by atoms with E-state index in [1.54, 1.807) is 0 Å². The van der Waals surface area contributed by atoms with Crippen LogP contribution in [0.1, 0.15) is 13.8 Å². The van der Waals surface area contributed by atoms with Gasteiger partial charge in [0, 0.05) is 49.2 Å². The summed E-state index contributed by atoms with van der Waals surface area (Å²) in [6.45, 7) is 6.41. The third-order valence-electron chi connectivity index (χ3n) is 8.19. The topological polar surface area (TPSA) is 27.5 Å². The molecule has 0 bridgehead atoms. The molecule has 2 aliphatic rings. The number of nitrogens with zero attached hydrogens (tertiary/aromatic N) is 5. The first-order valence-corrected chi connectivity index (χ1v) is 13.5. The number of benzene rings is 4. The Hall–Kier alpha value is -4.34. The summed E-state index contributed by atoms with van der Waals surface area (Å²) in [4.78, 5) is 11.3. The van der Waals surface area contributed by atoms with E-state index in [0.717, 1.165) is 39.7 Å². The Balaban J connectivity index is 0.00000276. The molecule has 5 nitrogen and oxygen atoms in total. The average Bonchev–Trinajstić information content (AvgIpc) is 3.48. The molecule has 4 aromatic carbocycles. The summed E-state index contributed by atoms with van der Waals surface area (Å²) in [7, 11) is 2.08. The monoisotopic (exact) mass is 711 g/mol. The fourth-order valence-electron chi connectivity index (χ4n) is 6.03. The smallest absolute Gasteiger partial charge is 0.0696 e. The Kier molecular flexibility index (Phi) is 6.02. The van der Waals surface area contributed by atoms with Crippen molar-refractivity contribution < 1.29 is 21.1 Å². The van der Waals surface area contributed by atoms with Crippen LogP contribution < -0.4 is 9.80 Å². The minimum Gasteiger partial charge on any atom is -0.508 e. The molecule has 2 aliphatic heterocycles.